The van der Waals surface area contributed by atoms with Crippen LogP contribution in [0.3, 0.4) is 0 Å². The number of carbonyl (C=O) groups is 2. The molecule has 2 amide bonds. The number of carbonyl (C=O) groups excluding carboxylic acids is 2. The number of aromatic nitrogens is 2. The molecule has 0 aliphatic rings. The molecule has 0 aliphatic heterocycles. The standard InChI is InChI=1S/C18H12N4O4S/c23-11-7-5-10(6-8-11)19-16(24)13-9-14(26-22-13)17(25)21-18-20-12-3-1-2-4-15(12)27-18/h1-9,23H,(H,19,24)(H,20,21,25). The van der Waals surface area contributed by atoms with E-state index in [0.29, 0.717) is 10.8 Å². The summed E-state index contributed by atoms with van der Waals surface area (Å²) in [5.74, 6) is -1.11. The predicted molar refractivity (Wildman–Crippen MR) is 100 cm³/mol. The van der Waals surface area contributed by atoms with Gasteiger partial charge in [-0.3, -0.25) is 14.9 Å². The summed E-state index contributed by atoms with van der Waals surface area (Å²) < 4.78 is 5.91. The van der Waals surface area contributed by atoms with Crippen molar-refractivity contribution in [2.45, 2.75) is 0 Å². The van der Waals surface area contributed by atoms with Crippen molar-refractivity contribution in [1.82, 2.24) is 10.1 Å². The van der Waals surface area contributed by atoms with Crippen LogP contribution in [0.2, 0.25) is 0 Å². The van der Waals surface area contributed by atoms with Gasteiger partial charge in [0.1, 0.15) is 5.75 Å². The number of nitrogens with one attached hydrogen (secondary N) is 2. The first-order valence-electron chi connectivity index (χ1n) is 7.82. The molecule has 0 spiro atoms. The van der Waals surface area contributed by atoms with Crippen LogP contribution >= 0.6 is 11.3 Å². The Labute approximate surface area is 156 Å². The SMILES string of the molecule is O=C(Nc1ccc(O)cc1)c1cc(C(=O)Nc2nc3ccccc3s2)on1. The van der Waals surface area contributed by atoms with Crippen LogP contribution < -0.4 is 10.6 Å². The maximum Gasteiger partial charge on any atom is 0.296 e. The third-order valence-electron chi connectivity index (χ3n) is 3.61. The zero-order valence-corrected chi connectivity index (χ0v) is 14.5. The van der Waals surface area contributed by atoms with Gasteiger partial charge in [0.2, 0.25) is 5.76 Å². The summed E-state index contributed by atoms with van der Waals surface area (Å²) >= 11 is 1.33. The van der Waals surface area contributed by atoms with Gasteiger partial charge in [0, 0.05) is 11.8 Å². The van der Waals surface area contributed by atoms with Crippen molar-refractivity contribution in [2.24, 2.45) is 0 Å². The molecule has 4 aromatic rings. The van der Waals surface area contributed by atoms with E-state index in [1.807, 2.05) is 24.3 Å². The van der Waals surface area contributed by atoms with Gasteiger partial charge in [-0.2, -0.15) is 0 Å². The zero-order chi connectivity index (χ0) is 18.8. The van der Waals surface area contributed by atoms with Crippen LogP contribution in [-0.4, -0.2) is 27.1 Å². The Bertz CT molecular complexity index is 1100. The summed E-state index contributed by atoms with van der Waals surface area (Å²) in [6, 6.07) is 14.7. The summed E-state index contributed by atoms with van der Waals surface area (Å²) in [7, 11) is 0. The number of para-hydroxylation sites is 1. The molecule has 3 N–H and O–H groups in total. The molecule has 0 aliphatic carbocycles. The average molecular weight is 380 g/mol. The summed E-state index contributed by atoms with van der Waals surface area (Å²) in [6.45, 7) is 0. The van der Waals surface area contributed by atoms with Gasteiger partial charge in [0.05, 0.1) is 10.2 Å². The number of phenols is 1. The van der Waals surface area contributed by atoms with E-state index in [0.717, 1.165) is 10.2 Å². The van der Waals surface area contributed by atoms with Crippen LogP contribution in [-0.2, 0) is 0 Å². The van der Waals surface area contributed by atoms with Crippen molar-refractivity contribution in [3.63, 3.8) is 0 Å². The molecule has 4 rings (SSSR count). The topological polar surface area (TPSA) is 117 Å². The second-order valence-electron chi connectivity index (χ2n) is 5.52. The molecular formula is C18H12N4O4S. The van der Waals surface area contributed by atoms with E-state index in [1.54, 1.807) is 0 Å². The molecule has 27 heavy (non-hydrogen) atoms. The molecule has 0 radical (unpaired) electrons. The second-order valence-corrected chi connectivity index (χ2v) is 6.55. The Hall–Kier alpha value is -3.72. The highest BCUT2D eigenvalue weighted by Crippen LogP contribution is 2.25. The van der Waals surface area contributed by atoms with Gasteiger partial charge < -0.3 is 14.9 Å². The highest BCUT2D eigenvalue weighted by atomic mass is 32.1. The Morgan fingerprint density at radius 1 is 1.00 bits per heavy atom. The van der Waals surface area contributed by atoms with Crippen molar-refractivity contribution in [3.05, 3.63) is 66.1 Å². The monoisotopic (exact) mass is 380 g/mol. The molecule has 9 heteroatoms. The summed E-state index contributed by atoms with van der Waals surface area (Å²) in [5.41, 5.74) is 1.21. The van der Waals surface area contributed by atoms with E-state index in [9.17, 15) is 14.7 Å². The predicted octanol–water partition coefficient (Wildman–Crippen LogP) is 3.49. The molecule has 2 aromatic heterocycles. The number of aromatic hydroxyl groups is 1. The summed E-state index contributed by atoms with van der Waals surface area (Å²) in [4.78, 5) is 28.8. The van der Waals surface area contributed by atoms with Crippen molar-refractivity contribution >= 4 is 44.2 Å². The van der Waals surface area contributed by atoms with Gasteiger partial charge in [0.25, 0.3) is 11.8 Å². The molecule has 0 bridgehead atoms. The van der Waals surface area contributed by atoms with Crippen LogP contribution in [0.1, 0.15) is 21.0 Å². The van der Waals surface area contributed by atoms with Crippen molar-refractivity contribution in [3.8, 4) is 5.75 Å². The first kappa shape index (κ1) is 16.7. The lowest BCUT2D eigenvalue weighted by atomic mass is 10.3. The Morgan fingerprint density at radius 3 is 2.56 bits per heavy atom. The third kappa shape index (κ3) is 3.62. The number of hydrogen-bond donors (Lipinski definition) is 3. The number of rotatable bonds is 4. The van der Waals surface area contributed by atoms with Gasteiger partial charge in [-0.25, -0.2) is 4.98 Å². The molecule has 0 saturated carbocycles. The quantitative estimate of drug-likeness (QED) is 0.467. The lowest BCUT2D eigenvalue weighted by molar-refractivity contribution is 0.0980. The first-order valence-corrected chi connectivity index (χ1v) is 8.64. The van der Waals surface area contributed by atoms with Crippen molar-refractivity contribution < 1.29 is 19.2 Å². The van der Waals surface area contributed by atoms with Crippen LogP contribution in [0.25, 0.3) is 10.2 Å². The highest BCUT2D eigenvalue weighted by molar-refractivity contribution is 7.22. The minimum Gasteiger partial charge on any atom is -0.508 e. The third-order valence-corrected chi connectivity index (χ3v) is 4.56. The molecule has 8 nitrogen and oxygen atoms in total. The summed E-state index contributed by atoms with van der Waals surface area (Å²) in [6.07, 6.45) is 0. The Kier molecular flexibility index (Phi) is 4.27. The number of benzene rings is 2. The lowest BCUT2D eigenvalue weighted by Crippen LogP contribution is -2.13. The highest BCUT2D eigenvalue weighted by Gasteiger charge is 2.19. The number of anilines is 2. The Balaban J connectivity index is 1.45. The molecule has 0 atom stereocenters. The van der Waals surface area contributed by atoms with Crippen LogP contribution in [0.15, 0.2) is 59.1 Å². The number of nitrogens with zero attached hydrogens (tertiary/aromatic N) is 2. The fourth-order valence-electron chi connectivity index (χ4n) is 2.31. The van der Waals surface area contributed by atoms with Crippen molar-refractivity contribution in [2.75, 3.05) is 10.6 Å². The van der Waals surface area contributed by atoms with Crippen LogP contribution in [0.5, 0.6) is 5.75 Å². The zero-order valence-electron chi connectivity index (χ0n) is 13.7. The summed E-state index contributed by atoms with van der Waals surface area (Å²) in [5, 5.41) is 18.5. The van der Waals surface area contributed by atoms with E-state index in [4.69, 9.17) is 4.52 Å². The minimum atomic E-state index is -0.551. The van der Waals surface area contributed by atoms with E-state index >= 15 is 0 Å². The number of thiazole rings is 1. The minimum absolute atomic E-state index is 0.0440. The smallest absolute Gasteiger partial charge is 0.296 e. The fourth-order valence-corrected chi connectivity index (χ4v) is 3.17. The number of amides is 2. The molecule has 2 aromatic carbocycles. The molecule has 0 unspecified atom stereocenters. The Morgan fingerprint density at radius 2 is 1.78 bits per heavy atom. The number of phenolic OH excluding ortho intramolecular Hbond substituents is 1. The van der Waals surface area contributed by atoms with Crippen LogP contribution in [0.4, 0.5) is 10.8 Å². The number of fused-ring (bicyclic) bond motifs is 1. The fraction of sp³-hybridized carbons (Fsp3) is 0. The second kappa shape index (κ2) is 6.89. The van der Waals surface area contributed by atoms with Gasteiger partial charge in [-0.1, -0.05) is 28.6 Å². The van der Waals surface area contributed by atoms with Gasteiger partial charge in [-0.15, -0.1) is 0 Å². The van der Waals surface area contributed by atoms with E-state index in [2.05, 4.69) is 20.8 Å². The maximum absolute atomic E-state index is 12.3. The maximum atomic E-state index is 12.3. The van der Waals surface area contributed by atoms with Gasteiger partial charge in [0.15, 0.2) is 10.8 Å². The number of hydrogen-bond acceptors (Lipinski definition) is 7. The molecule has 0 saturated heterocycles. The van der Waals surface area contributed by atoms with E-state index in [-0.39, 0.29) is 17.2 Å². The lowest BCUT2D eigenvalue weighted by Gasteiger charge is -2.02. The average Bonchev–Trinajstić information content (AvgIpc) is 3.30. The van der Waals surface area contributed by atoms with E-state index in [1.165, 1.54) is 41.7 Å². The van der Waals surface area contributed by atoms with E-state index < -0.39 is 11.8 Å². The molecule has 0 fully saturated rings. The first-order chi connectivity index (χ1) is 13.1. The molecule has 2 heterocycles. The normalized spacial score (nSPS) is 10.7. The van der Waals surface area contributed by atoms with Gasteiger partial charge >= 0.3 is 0 Å². The van der Waals surface area contributed by atoms with Crippen LogP contribution in [0, 0.1) is 0 Å². The van der Waals surface area contributed by atoms with Gasteiger partial charge in [-0.05, 0) is 36.4 Å². The molecule has 134 valence electrons. The molecular weight excluding hydrogens is 368 g/mol. The largest absolute Gasteiger partial charge is 0.508 e. The van der Waals surface area contributed by atoms with Crippen molar-refractivity contribution in [1.29, 1.82) is 0 Å².